The van der Waals surface area contributed by atoms with Crippen LogP contribution in [0.25, 0.3) is 0 Å². The lowest BCUT2D eigenvalue weighted by Gasteiger charge is -2.21. The lowest BCUT2D eigenvalue weighted by molar-refractivity contribution is -0.172. The highest BCUT2D eigenvalue weighted by molar-refractivity contribution is 5.82. The molecule has 0 aromatic carbocycles. The molecule has 0 aliphatic rings. The molecule has 0 fully saturated rings. The Balaban J connectivity index is 2.95. The number of esters is 2. The van der Waals surface area contributed by atoms with E-state index in [2.05, 4.69) is 9.72 Å². The molecule has 1 heterocycles. The van der Waals surface area contributed by atoms with Gasteiger partial charge in [-0.1, -0.05) is 6.07 Å². The van der Waals surface area contributed by atoms with Crippen LogP contribution >= 0.6 is 0 Å². The van der Waals surface area contributed by atoms with E-state index in [9.17, 15) is 9.59 Å². The van der Waals surface area contributed by atoms with E-state index in [1.165, 1.54) is 13.3 Å². The largest absolute Gasteiger partial charge is 0.466 e. The number of pyridine rings is 1. The van der Waals surface area contributed by atoms with E-state index >= 15 is 0 Å². The summed E-state index contributed by atoms with van der Waals surface area (Å²) in [5.41, 5.74) is -0.344. The second-order valence-electron chi connectivity index (χ2n) is 4.81. The molecule has 0 bridgehead atoms. The van der Waals surface area contributed by atoms with Crippen LogP contribution in [0.15, 0.2) is 24.4 Å². The van der Waals surface area contributed by atoms with Crippen LogP contribution in [0, 0.1) is 5.41 Å². The minimum atomic E-state index is -1.12. The smallest absolute Gasteiger partial charge is 0.353 e. The minimum Gasteiger partial charge on any atom is -0.466 e. The molecule has 98 valence electrons. The number of carbonyl (C=O) groups is 2. The molecule has 0 N–H and O–H groups in total. The third kappa shape index (κ3) is 3.55. The molecule has 1 unspecified atom stereocenters. The Bertz CT molecular complexity index is 422. The maximum atomic E-state index is 11.8. The van der Waals surface area contributed by atoms with Gasteiger partial charge >= 0.3 is 11.9 Å². The van der Waals surface area contributed by atoms with E-state index in [1.807, 2.05) is 0 Å². The average Bonchev–Trinajstić information content (AvgIpc) is 2.34. The summed E-state index contributed by atoms with van der Waals surface area (Å²) in [7, 11) is 1.24. The highest BCUT2D eigenvalue weighted by Gasteiger charge is 2.32. The predicted octanol–water partition coefficient (Wildman–Crippen LogP) is 1.88. The Morgan fingerprint density at radius 3 is 2.39 bits per heavy atom. The first-order valence-corrected chi connectivity index (χ1v) is 5.56. The normalized spacial score (nSPS) is 12.7. The van der Waals surface area contributed by atoms with Gasteiger partial charge in [-0.2, -0.15) is 0 Å². The minimum absolute atomic E-state index is 0.349. The first-order valence-electron chi connectivity index (χ1n) is 5.56. The fourth-order valence-corrected chi connectivity index (χ4v) is 1.15. The molecule has 1 atom stereocenters. The van der Waals surface area contributed by atoms with Gasteiger partial charge in [0.2, 0.25) is 6.10 Å². The molecule has 1 aromatic rings. The first kappa shape index (κ1) is 14.2. The van der Waals surface area contributed by atoms with Crippen LogP contribution in [0.4, 0.5) is 0 Å². The summed E-state index contributed by atoms with van der Waals surface area (Å²) < 4.78 is 9.80. The summed E-state index contributed by atoms with van der Waals surface area (Å²) in [5.74, 6) is -1.13. The third-order valence-electron chi connectivity index (χ3n) is 2.21. The number of methoxy groups -OCH3 is 1. The summed E-state index contributed by atoms with van der Waals surface area (Å²) in [5, 5.41) is 0. The number of aromatic nitrogens is 1. The SMILES string of the molecule is COC(=O)C(OC(=O)C(C)(C)C)c1ccccn1. The number of hydrogen-bond acceptors (Lipinski definition) is 5. The van der Waals surface area contributed by atoms with E-state index in [0.29, 0.717) is 5.69 Å². The van der Waals surface area contributed by atoms with Crippen molar-refractivity contribution in [2.75, 3.05) is 7.11 Å². The zero-order valence-electron chi connectivity index (χ0n) is 11.0. The van der Waals surface area contributed by atoms with Crippen molar-refractivity contribution < 1.29 is 19.1 Å². The van der Waals surface area contributed by atoms with Crippen molar-refractivity contribution in [1.82, 2.24) is 4.98 Å². The van der Waals surface area contributed by atoms with Gasteiger partial charge in [0.15, 0.2) is 0 Å². The molecule has 0 aliphatic heterocycles. The van der Waals surface area contributed by atoms with Crippen LogP contribution in [0.5, 0.6) is 0 Å². The molecule has 0 radical (unpaired) electrons. The Hall–Kier alpha value is -1.91. The van der Waals surface area contributed by atoms with Gasteiger partial charge in [-0.3, -0.25) is 9.78 Å². The molecular formula is C13H17NO4. The van der Waals surface area contributed by atoms with Crippen molar-refractivity contribution in [3.05, 3.63) is 30.1 Å². The van der Waals surface area contributed by atoms with Crippen molar-refractivity contribution in [3.8, 4) is 0 Å². The molecule has 1 rings (SSSR count). The summed E-state index contributed by atoms with van der Waals surface area (Å²) in [6.45, 7) is 5.13. The number of nitrogens with zero attached hydrogens (tertiary/aromatic N) is 1. The molecule has 5 heteroatoms. The van der Waals surface area contributed by atoms with E-state index in [1.54, 1.807) is 39.0 Å². The number of rotatable bonds is 3. The van der Waals surface area contributed by atoms with Crippen LogP contribution in [-0.4, -0.2) is 24.0 Å². The van der Waals surface area contributed by atoms with Crippen molar-refractivity contribution in [3.63, 3.8) is 0 Å². The van der Waals surface area contributed by atoms with Gasteiger partial charge in [0.1, 0.15) is 0 Å². The predicted molar refractivity (Wildman–Crippen MR) is 64.5 cm³/mol. The average molecular weight is 251 g/mol. The van der Waals surface area contributed by atoms with Gasteiger partial charge in [0.25, 0.3) is 0 Å². The summed E-state index contributed by atoms with van der Waals surface area (Å²) >= 11 is 0. The number of hydrogen-bond donors (Lipinski definition) is 0. The van der Waals surface area contributed by atoms with Gasteiger partial charge in [-0.05, 0) is 32.9 Å². The topological polar surface area (TPSA) is 65.5 Å². The number of ether oxygens (including phenoxy) is 2. The van der Waals surface area contributed by atoms with Crippen molar-refractivity contribution in [2.45, 2.75) is 26.9 Å². The number of carbonyl (C=O) groups excluding carboxylic acids is 2. The molecule has 18 heavy (non-hydrogen) atoms. The monoisotopic (exact) mass is 251 g/mol. The van der Waals surface area contributed by atoms with Crippen LogP contribution in [0.1, 0.15) is 32.6 Å². The molecule has 0 saturated heterocycles. The van der Waals surface area contributed by atoms with Crippen LogP contribution in [0.3, 0.4) is 0 Å². The zero-order valence-corrected chi connectivity index (χ0v) is 11.0. The molecule has 0 amide bonds. The van der Waals surface area contributed by atoms with Gasteiger partial charge < -0.3 is 9.47 Å². The lowest BCUT2D eigenvalue weighted by atomic mass is 9.97. The van der Waals surface area contributed by atoms with Crippen LogP contribution < -0.4 is 0 Å². The van der Waals surface area contributed by atoms with Crippen LogP contribution in [0.2, 0.25) is 0 Å². The highest BCUT2D eigenvalue weighted by Crippen LogP contribution is 2.23. The quantitative estimate of drug-likeness (QED) is 0.767. The molecular weight excluding hydrogens is 234 g/mol. The Morgan fingerprint density at radius 2 is 1.94 bits per heavy atom. The van der Waals surface area contributed by atoms with Gasteiger partial charge in [0, 0.05) is 6.20 Å². The first-order chi connectivity index (χ1) is 8.36. The van der Waals surface area contributed by atoms with E-state index in [0.717, 1.165) is 0 Å². The van der Waals surface area contributed by atoms with Gasteiger partial charge in [0.05, 0.1) is 18.2 Å². The van der Waals surface area contributed by atoms with Crippen LogP contribution in [-0.2, 0) is 19.1 Å². The third-order valence-corrected chi connectivity index (χ3v) is 2.21. The van der Waals surface area contributed by atoms with E-state index in [4.69, 9.17) is 4.74 Å². The maximum Gasteiger partial charge on any atom is 0.353 e. The second-order valence-corrected chi connectivity index (χ2v) is 4.81. The van der Waals surface area contributed by atoms with E-state index in [-0.39, 0.29) is 0 Å². The van der Waals surface area contributed by atoms with Crippen molar-refractivity contribution in [2.24, 2.45) is 5.41 Å². The van der Waals surface area contributed by atoms with Gasteiger partial charge in [-0.25, -0.2) is 4.79 Å². The Kier molecular flexibility index (Phi) is 4.42. The van der Waals surface area contributed by atoms with Crippen molar-refractivity contribution in [1.29, 1.82) is 0 Å². The maximum absolute atomic E-state index is 11.8. The summed E-state index contributed by atoms with van der Waals surface area (Å²) in [4.78, 5) is 27.5. The molecule has 0 aliphatic carbocycles. The molecule has 0 saturated carbocycles. The standard InChI is InChI=1S/C13H17NO4/c1-13(2,3)12(16)18-10(11(15)17-4)9-7-5-6-8-14-9/h5-8,10H,1-4H3. The Labute approximate surface area is 106 Å². The zero-order chi connectivity index (χ0) is 13.8. The fraction of sp³-hybridized carbons (Fsp3) is 0.462. The molecule has 1 aromatic heterocycles. The summed E-state index contributed by atoms with van der Waals surface area (Å²) in [6.07, 6.45) is 0.402. The van der Waals surface area contributed by atoms with E-state index < -0.39 is 23.5 Å². The second kappa shape index (κ2) is 5.62. The highest BCUT2D eigenvalue weighted by atomic mass is 16.6. The van der Waals surface area contributed by atoms with Crippen molar-refractivity contribution >= 4 is 11.9 Å². The fourth-order valence-electron chi connectivity index (χ4n) is 1.15. The summed E-state index contributed by atoms with van der Waals surface area (Å²) in [6, 6.07) is 5.03. The lowest BCUT2D eigenvalue weighted by Crippen LogP contribution is -2.29. The molecule has 5 nitrogen and oxygen atoms in total. The molecule has 0 spiro atoms. The Morgan fingerprint density at radius 1 is 1.28 bits per heavy atom. The van der Waals surface area contributed by atoms with Gasteiger partial charge in [-0.15, -0.1) is 0 Å².